The van der Waals surface area contributed by atoms with Gasteiger partial charge >= 0.3 is 0 Å². The molecule has 3 rings (SSSR count). The van der Waals surface area contributed by atoms with E-state index in [0.29, 0.717) is 26.2 Å². The van der Waals surface area contributed by atoms with Gasteiger partial charge in [-0.05, 0) is 26.0 Å². The summed E-state index contributed by atoms with van der Waals surface area (Å²) < 4.78 is 0. The Morgan fingerprint density at radius 3 is 2.38 bits per heavy atom. The lowest BCUT2D eigenvalue weighted by Crippen LogP contribution is -3.15. The van der Waals surface area contributed by atoms with E-state index in [-0.39, 0.29) is 17.9 Å². The number of amides is 2. The number of carbonyl (C=O) groups is 2. The number of aryl methyl sites for hydroxylation is 1. The number of rotatable bonds is 7. The van der Waals surface area contributed by atoms with Crippen LogP contribution in [0, 0.1) is 6.92 Å². The molecule has 0 unspecified atom stereocenters. The largest absolute Gasteiger partial charge is 0.333 e. The number of carbonyl (C=O) groups excluding carboxylic acids is 2. The first kappa shape index (κ1) is 21.0. The van der Waals surface area contributed by atoms with Gasteiger partial charge in [0.05, 0.1) is 26.2 Å². The van der Waals surface area contributed by atoms with Crippen molar-refractivity contribution in [1.82, 2.24) is 4.90 Å². The maximum absolute atomic E-state index is 12.5. The Morgan fingerprint density at radius 2 is 1.72 bits per heavy atom. The third-order valence-electron chi connectivity index (χ3n) is 5.54. The molecule has 0 saturated carbocycles. The Labute approximate surface area is 172 Å². The molecule has 1 saturated heterocycles. The molecule has 29 heavy (non-hydrogen) atoms. The minimum atomic E-state index is 0.0219. The highest BCUT2D eigenvalue weighted by atomic mass is 16.2. The fourth-order valence-corrected chi connectivity index (χ4v) is 3.62. The van der Waals surface area contributed by atoms with Crippen molar-refractivity contribution in [3.8, 4) is 0 Å². The number of nitrogens with two attached hydrogens (primary N) is 1. The van der Waals surface area contributed by atoms with Crippen LogP contribution in [0.2, 0.25) is 0 Å². The molecule has 4 N–H and O–H groups in total. The minimum absolute atomic E-state index is 0.0219. The molecule has 0 aliphatic carbocycles. The smallest absolute Gasteiger partial charge is 0.279 e. The zero-order chi connectivity index (χ0) is 20.6. The Kier molecular flexibility index (Phi) is 7.38. The second-order valence-corrected chi connectivity index (χ2v) is 7.86. The molecule has 6 nitrogen and oxygen atoms in total. The number of nitrogens with zero attached hydrogens (tertiary/aromatic N) is 1. The van der Waals surface area contributed by atoms with Crippen LogP contribution < -0.4 is 15.5 Å². The Bertz CT molecular complexity index is 799. The number of piperazine rings is 1. The molecule has 2 amide bonds. The minimum Gasteiger partial charge on any atom is -0.333 e. The molecule has 6 heteroatoms. The number of hydrogen-bond acceptors (Lipinski definition) is 2. The first-order valence-electron chi connectivity index (χ1n) is 10.4. The second-order valence-electron chi connectivity index (χ2n) is 7.86. The van der Waals surface area contributed by atoms with Crippen molar-refractivity contribution in [3.05, 3.63) is 65.7 Å². The standard InChI is InChI=1S/C23H30N4O2/c1-18-8-10-21(11-9-18)25-22(28)17-26-12-14-27(15-13-26)23(29)16-24-19(2)20-6-4-3-5-7-20/h3-11,19,24H,12-17H2,1-2H3,(H,25,28)/p+2/t19-/m1/s1. The maximum Gasteiger partial charge on any atom is 0.279 e. The Hall–Kier alpha value is -2.70. The van der Waals surface area contributed by atoms with E-state index in [1.54, 1.807) is 0 Å². The normalized spacial score (nSPS) is 15.7. The summed E-state index contributed by atoms with van der Waals surface area (Å²) in [4.78, 5) is 28.0. The van der Waals surface area contributed by atoms with Gasteiger partial charge in [0.25, 0.3) is 11.8 Å². The van der Waals surface area contributed by atoms with Gasteiger partial charge in [0.1, 0.15) is 6.04 Å². The molecule has 1 fully saturated rings. The van der Waals surface area contributed by atoms with Gasteiger partial charge in [0.2, 0.25) is 0 Å². The van der Waals surface area contributed by atoms with Gasteiger partial charge in [0.15, 0.2) is 13.1 Å². The van der Waals surface area contributed by atoms with Crippen LogP contribution in [0.1, 0.15) is 24.1 Å². The van der Waals surface area contributed by atoms with Crippen molar-refractivity contribution in [1.29, 1.82) is 0 Å². The second kappa shape index (κ2) is 10.2. The SMILES string of the molecule is Cc1ccc(NC(=O)C[NH+]2CCN(C(=O)C[NH2+][C@H](C)c3ccccc3)CC2)cc1. The van der Waals surface area contributed by atoms with Crippen molar-refractivity contribution >= 4 is 17.5 Å². The average Bonchev–Trinajstić information content (AvgIpc) is 2.74. The summed E-state index contributed by atoms with van der Waals surface area (Å²) in [5.74, 6) is 0.199. The van der Waals surface area contributed by atoms with E-state index in [2.05, 4.69) is 29.7 Å². The number of quaternary nitrogens is 2. The van der Waals surface area contributed by atoms with E-state index in [1.165, 1.54) is 16.0 Å². The van der Waals surface area contributed by atoms with Crippen LogP contribution in [0.3, 0.4) is 0 Å². The fourth-order valence-electron chi connectivity index (χ4n) is 3.62. The van der Waals surface area contributed by atoms with Crippen molar-refractivity contribution in [2.45, 2.75) is 19.9 Å². The molecule has 1 heterocycles. The van der Waals surface area contributed by atoms with Crippen LogP contribution in [0.15, 0.2) is 54.6 Å². The predicted molar refractivity (Wildman–Crippen MR) is 114 cm³/mol. The molecule has 2 aromatic rings. The average molecular weight is 397 g/mol. The third-order valence-corrected chi connectivity index (χ3v) is 5.54. The number of nitrogens with one attached hydrogen (secondary N) is 2. The third kappa shape index (κ3) is 6.41. The van der Waals surface area contributed by atoms with Gasteiger partial charge in [-0.2, -0.15) is 0 Å². The van der Waals surface area contributed by atoms with E-state index in [0.717, 1.165) is 18.8 Å². The summed E-state index contributed by atoms with van der Waals surface area (Å²) in [6, 6.07) is 18.3. The molecule has 1 atom stereocenters. The molecular formula is C23H32N4O2+2. The van der Waals surface area contributed by atoms with Crippen LogP contribution in [0.4, 0.5) is 5.69 Å². The highest BCUT2D eigenvalue weighted by Crippen LogP contribution is 2.08. The van der Waals surface area contributed by atoms with Gasteiger partial charge < -0.3 is 20.4 Å². The van der Waals surface area contributed by atoms with E-state index in [4.69, 9.17) is 0 Å². The summed E-state index contributed by atoms with van der Waals surface area (Å²) in [5, 5.41) is 5.04. The summed E-state index contributed by atoms with van der Waals surface area (Å²) in [6.45, 7) is 8.07. The van der Waals surface area contributed by atoms with Gasteiger partial charge in [-0.25, -0.2) is 0 Å². The highest BCUT2D eigenvalue weighted by Gasteiger charge is 2.26. The lowest BCUT2D eigenvalue weighted by molar-refractivity contribution is -0.895. The molecule has 2 aromatic carbocycles. The number of hydrogen-bond donors (Lipinski definition) is 3. The highest BCUT2D eigenvalue weighted by molar-refractivity contribution is 5.91. The first-order chi connectivity index (χ1) is 14.0. The lowest BCUT2D eigenvalue weighted by atomic mass is 10.1. The van der Waals surface area contributed by atoms with Crippen LogP contribution in [0.5, 0.6) is 0 Å². The van der Waals surface area contributed by atoms with Crippen molar-refractivity contribution in [2.24, 2.45) is 0 Å². The zero-order valence-electron chi connectivity index (χ0n) is 17.4. The summed E-state index contributed by atoms with van der Waals surface area (Å²) in [5.41, 5.74) is 3.23. The fraction of sp³-hybridized carbons (Fsp3) is 0.391. The summed E-state index contributed by atoms with van der Waals surface area (Å²) in [6.07, 6.45) is 0. The molecule has 154 valence electrons. The van der Waals surface area contributed by atoms with Gasteiger partial charge in [-0.1, -0.05) is 48.0 Å². The van der Waals surface area contributed by atoms with Crippen LogP contribution in [-0.2, 0) is 9.59 Å². The predicted octanol–water partition coefficient (Wildman–Crippen LogP) is -0.0148. The Morgan fingerprint density at radius 1 is 1.07 bits per heavy atom. The van der Waals surface area contributed by atoms with Gasteiger partial charge in [-0.15, -0.1) is 0 Å². The summed E-state index contributed by atoms with van der Waals surface area (Å²) in [7, 11) is 0. The zero-order valence-corrected chi connectivity index (χ0v) is 17.4. The van der Waals surface area contributed by atoms with Crippen LogP contribution >= 0.6 is 0 Å². The lowest BCUT2D eigenvalue weighted by Gasteiger charge is -2.31. The summed E-state index contributed by atoms with van der Waals surface area (Å²) >= 11 is 0. The van der Waals surface area contributed by atoms with Gasteiger partial charge in [0, 0.05) is 11.3 Å². The molecule has 0 spiro atoms. The van der Waals surface area contributed by atoms with Crippen LogP contribution in [-0.4, -0.2) is 56.0 Å². The molecule has 0 radical (unpaired) electrons. The van der Waals surface area contributed by atoms with E-state index in [9.17, 15) is 9.59 Å². The molecule has 0 bridgehead atoms. The molecule has 1 aliphatic rings. The Balaban J connectivity index is 1.37. The molecule has 1 aliphatic heterocycles. The number of benzene rings is 2. The van der Waals surface area contributed by atoms with Crippen molar-refractivity contribution in [2.75, 3.05) is 44.6 Å². The van der Waals surface area contributed by atoms with Crippen LogP contribution in [0.25, 0.3) is 0 Å². The van der Waals surface area contributed by atoms with E-state index in [1.807, 2.05) is 54.3 Å². The van der Waals surface area contributed by atoms with Crippen molar-refractivity contribution in [3.63, 3.8) is 0 Å². The van der Waals surface area contributed by atoms with Gasteiger partial charge in [-0.3, -0.25) is 9.59 Å². The topological polar surface area (TPSA) is 70.5 Å². The maximum atomic E-state index is 12.5. The van der Waals surface area contributed by atoms with Crippen molar-refractivity contribution < 1.29 is 19.8 Å². The van der Waals surface area contributed by atoms with E-state index < -0.39 is 0 Å². The quantitative estimate of drug-likeness (QED) is 0.616. The van der Waals surface area contributed by atoms with E-state index >= 15 is 0 Å². The monoisotopic (exact) mass is 396 g/mol. The molecule has 0 aromatic heterocycles. The molecular weight excluding hydrogens is 364 g/mol. The first-order valence-corrected chi connectivity index (χ1v) is 10.4. The number of anilines is 1.